The van der Waals surface area contributed by atoms with Crippen molar-refractivity contribution in [2.24, 2.45) is 4.99 Å². The van der Waals surface area contributed by atoms with E-state index in [4.69, 9.17) is 64.4 Å². The van der Waals surface area contributed by atoms with E-state index >= 15 is 0 Å². The predicted octanol–water partition coefficient (Wildman–Crippen LogP) is 9.93. The molecule has 2 aromatic heterocycles. The smallest absolute Gasteiger partial charge is 0.176 e. The third-order valence-corrected chi connectivity index (χ3v) is 8.41. The highest BCUT2D eigenvalue weighted by molar-refractivity contribution is 7.80. The average molecular weight is 825 g/mol. The Balaban J connectivity index is 0.000000302. The minimum absolute atomic E-state index is 0.431. The Morgan fingerprint density at radius 2 is 1.23 bits per heavy atom. The number of hydrogen-bond acceptors (Lipinski definition) is 10. The topological polar surface area (TPSA) is 119 Å². The minimum Gasteiger partial charge on any atom is -0.384 e. The summed E-state index contributed by atoms with van der Waals surface area (Å²) in [7, 11) is 8.27. The zero-order valence-electron chi connectivity index (χ0n) is 30.2. The molecule has 0 spiro atoms. The summed E-state index contributed by atoms with van der Waals surface area (Å²) in [6, 6.07) is 18.1. The summed E-state index contributed by atoms with van der Waals surface area (Å²) in [5.41, 5.74) is 9.30. The summed E-state index contributed by atoms with van der Waals surface area (Å²) in [5.74, 6) is 2.94. The first kappa shape index (κ1) is 44.9. The lowest BCUT2D eigenvalue weighted by atomic mass is 10.3. The van der Waals surface area contributed by atoms with Gasteiger partial charge in [0.05, 0.1) is 30.9 Å². The normalized spacial score (nSPS) is 10.3. The van der Waals surface area contributed by atoms with E-state index in [1.807, 2.05) is 44.2 Å². The predicted molar refractivity (Wildman–Crippen MR) is 233 cm³/mol. The number of aromatic nitrogens is 2. The molecule has 0 bridgehead atoms. The SMILES string of the molecule is Cc1cc(N)nc(NCCCN(C)C)c1.Cc1cc(NCCCN(C)C)nc(NC(=S)Nc2ccc(Cl)c(Cl)c2)c1.S=C=Nc1ccc(Cl)c(Cl)c1. The number of pyridine rings is 2. The first-order chi connectivity index (χ1) is 24.6. The number of aliphatic imine (C=N–C) groups is 1. The minimum atomic E-state index is 0.431. The van der Waals surface area contributed by atoms with Crippen molar-refractivity contribution in [1.29, 1.82) is 0 Å². The molecule has 0 unspecified atom stereocenters. The molecule has 0 saturated carbocycles. The highest BCUT2D eigenvalue weighted by atomic mass is 35.5. The molecule has 0 amide bonds. The van der Waals surface area contributed by atoms with Gasteiger partial charge in [0.15, 0.2) is 5.11 Å². The van der Waals surface area contributed by atoms with Crippen molar-refractivity contribution in [2.75, 3.05) is 81.4 Å². The number of hydrogen-bond donors (Lipinski definition) is 5. The molecule has 0 radical (unpaired) electrons. The zero-order valence-corrected chi connectivity index (χ0v) is 34.8. The second-order valence-corrected chi connectivity index (χ2v) is 14.3. The van der Waals surface area contributed by atoms with Crippen LogP contribution in [0.2, 0.25) is 20.1 Å². The number of rotatable bonds is 13. The molecule has 0 atom stereocenters. The fourth-order valence-corrected chi connectivity index (χ4v) is 5.21. The largest absolute Gasteiger partial charge is 0.384 e. The van der Waals surface area contributed by atoms with Gasteiger partial charge in [-0.15, -0.1) is 0 Å². The second-order valence-electron chi connectivity index (χ2n) is 12.0. The lowest BCUT2D eigenvalue weighted by Gasteiger charge is -2.14. The number of isothiocyanates is 1. The number of halogens is 4. The maximum Gasteiger partial charge on any atom is 0.176 e. The standard InChI is InChI=1S/C18H23Cl2N5S.C11H20N4.C7H3Cl2NS/c1-12-9-16(21-7-4-8-25(2)3)23-17(10-12)24-18(26)22-13-5-6-14(19)15(20)11-13;1-9-7-10(12)14-11(8-9)13-5-4-6-15(2)3;8-6-2-1-5(10-4-11)3-7(6)9/h5-6,9-11H,4,7-8H2,1-3H3,(H3,21,22,23,24,26);7-8H,4-6H2,1-3H3,(H3,12,13,14);1-3H. The molecule has 0 aliphatic rings. The second kappa shape index (κ2) is 24.1. The quantitative estimate of drug-likeness (QED) is 0.0504. The number of aryl methyl sites for hydroxylation is 2. The Hall–Kier alpha value is -3.29. The van der Waals surface area contributed by atoms with Gasteiger partial charge in [-0.25, -0.2) is 9.97 Å². The first-order valence-electron chi connectivity index (χ1n) is 16.2. The van der Waals surface area contributed by atoms with Gasteiger partial charge in [-0.1, -0.05) is 46.4 Å². The molecular formula is C36H46Cl4N10S2. The van der Waals surface area contributed by atoms with Crippen LogP contribution in [0.25, 0.3) is 0 Å². The van der Waals surface area contributed by atoms with Crippen LogP contribution in [0.1, 0.15) is 24.0 Å². The molecule has 0 saturated heterocycles. The molecule has 0 aliphatic heterocycles. The summed E-state index contributed by atoms with van der Waals surface area (Å²) < 4.78 is 0. The molecule has 52 heavy (non-hydrogen) atoms. The van der Waals surface area contributed by atoms with Crippen LogP contribution in [-0.2, 0) is 0 Å². The van der Waals surface area contributed by atoms with Gasteiger partial charge in [0.2, 0.25) is 0 Å². The molecule has 16 heteroatoms. The fraction of sp³-hybridized carbons (Fsp3) is 0.333. The van der Waals surface area contributed by atoms with E-state index < -0.39 is 0 Å². The Morgan fingerprint density at radius 3 is 1.75 bits per heavy atom. The molecule has 10 nitrogen and oxygen atoms in total. The number of anilines is 5. The van der Waals surface area contributed by atoms with Crippen LogP contribution in [0.3, 0.4) is 0 Å². The number of nitrogens with zero attached hydrogens (tertiary/aromatic N) is 5. The van der Waals surface area contributed by atoms with E-state index in [9.17, 15) is 0 Å². The highest BCUT2D eigenvalue weighted by Gasteiger charge is 2.06. The molecule has 4 aromatic rings. The van der Waals surface area contributed by atoms with Crippen LogP contribution >= 0.6 is 70.8 Å². The molecule has 0 fully saturated rings. The lowest BCUT2D eigenvalue weighted by Crippen LogP contribution is -2.20. The molecular weight excluding hydrogens is 778 g/mol. The monoisotopic (exact) mass is 822 g/mol. The van der Waals surface area contributed by atoms with Gasteiger partial charge >= 0.3 is 0 Å². The van der Waals surface area contributed by atoms with Gasteiger partial charge < -0.3 is 36.8 Å². The number of benzene rings is 2. The van der Waals surface area contributed by atoms with Crippen molar-refractivity contribution in [2.45, 2.75) is 26.7 Å². The molecule has 6 N–H and O–H groups in total. The van der Waals surface area contributed by atoms with Crippen molar-refractivity contribution in [3.05, 3.63) is 91.9 Å². The van der Waals surface area contributed by atoms with Gasteiger partial charge in [-0.3, -0.25) is 0 Å². The van der Waals surface area contributed by atoms with Crippen molar-refractivity contribution >= 4 is 116 Å². The van der Waals surface area contributed by atoms with Crippen molar-refractivity contribution in [1.82, 2.24) is 19.8 Å². The van der Waals surface area contributed by atoms with E-state index in [-0.39, 0.29) is 0 Å². The Kier molecular flexibility index (Phi) is 20.8. The summed E-state index contributed by atoms with van der Waals surface area (Å²) in [6.45, 7) is 7.93. The van der Waals surface area contributed by atoms with E-state index in [1.165, 1.54) is 0 Å². The highest BCUT2D eigenvalue weighted by Crippen LogP contribution is 2.26. The fourth-order valence-electron chi connectivity index (χ4n) is 4.29. The van der Waals surface area contributed by atoms with Crippen LogP contribution in [0.5, 0.6) is 0 Å². The number of nitrogens with one attached hydrogen (secondary N) is 4. The number of nitrogens with two attached hydrogens (primary N) is 1. The van der Waals surface area contributed by atoms with Gasteiger partial charge in [0.1, 0.15) is 23.3 Å². The number of thiocarbonyl (C=S) groups is 2. The lowest BCUT2D eigenvalue weighted by molar-refractivity contribution is 0.405. The summed E-state index contributed by atoms with van der Waals surface area (Å²) in [5, 5.41) is 17.4. The molecule has 2 aromatic carbocycles. The third-order valence-electron chi connectivity index (χ3n) is 6.63. The van der Waals surface area contributed by atoms with Gasteiger partial charge in [-0.05, 0) is 164 Å². The number of nitrogen functional groups attached to an aromatic ring is 1. The molecule has 2 heterocycles. The van der Waals surface area contributed by atoms with Crippen molar-refractivity contribution < 1.29 is 0 Å². The Labute approximate surface area is 338 Å². The summed E-state index contributed by atoms with van der Waals surface area (Å²) in [6.07, 6.45) is 2.14. The Bertz CT molecular complexity index is 1770. The van der Waals surface area contributed by atoms with Crippen LogP contribution in [0, 0.1) is 13.8 Å². The van der Waals surface area contributed by atoms with E-state index in [0.29, 0.717) is 42.5 Å². The zero-order chi connectivity index (χ0) is 38.6. The van der Waals surface area contributed by atoms with E-state index in [2.05, 4.69) is 91.6 Å². The first-order valence-corrected chi connectivity index (χ1v) is 18.5. The maximum atomic E-state index is 6.02. The average Bonchev–Trinajstić information content (AvgIpc) is 3.05. The van der Waals surface area contributed by atoms with Crippen LogP contribution in [0.4, 0.5) is 34.6 Å². The molecule has 4 rings (SSSR count). The van der Waals surface area contributed by atoms with Crippen molar-refractivity contribution in [3.8, 4) is 0 Å². The third kappa shape index (κ3) is 19.0. The molecule has 280 valence electrons. The van der Waals surface area contributed by atoms with Gasteiger partial charge in [0.25, 0.3) is 0 Å². The molecule has 0 aliphatic carbocycles. The van der Waals surface area contributed by atoms with Crippen molar-refractivity contribution in [3.63, 3.8) is 0 Å². The van der Waals surface area contributed by atoms with Gasteiger partial charge in [0, 0.05) is 18.8 Å². The van der Waals surface area contributed by atoms with Gasteiger partial charge in [-0.2, -0.15) is 4.99 Å². The summed E-state index contributed by atoms with van der Waals surface area (Å²) >= 11 is 33.1. The Morgan fingerprint density at radius 1 is 0.712 bits per heavy atom. The van der Waals surface area contributed by atoms with Crippen LogP contribution in [0.15, 0.2) is 65.7 Å². The van der Waals surface area contributed by atoms with Crippen LogP contribution in [-0.4, -0.2) is 84.4 Å². The van der Waals surface area contributed by atoms with Crippen LogP contribution < -0.4 is 27.0 Å². The maximum absolute atomic E-state index is 6.02. The van der Waals surface area contributed by atoms with E-state index in [0.717, 1.165) is 67.5 Å². The van der Waals surface area contributed by atoms with E-state index in [1.54, 1.807) is 30.3 Å². The summed E-state index contributed by atoms with van der Waals surface area (Å²) in [4.78, 5) is 16.8.